The molecule has 8 heteroatoms. The van der Waals surface area contributed by atoms with Crippen molar-refractivity contribution in [2.24, 2.45) is 0 Å². The molecule has 32 heavy (non-hydrogen) atoms. The molecule has 1 atom stereocenters. The monoisotopic (exact) mass is 431 g/mol. The summed E-state index contributed by atoms with van der Waals surface area (Å²) in [4.78, 5) is 33.5. The zero-order valence-corrected chi connectivity index (χ0v) is 18.3. The molecule has 1 aromatic carbocycles. The lowest BCUT2D eigenvalue weighted by molar-refractivity contribution is -0.140. The molecule has 164 valence electrons. The number of ketones is 1. The Hall–Kier alpha value is -3.78. The highest BCUT2D eigenvalue weighted by Gasteiger charge is 2.46. The standard InChI is InChI=1S/C24H25N5O3/c1-16-19(15-26-29(16)18-7-5-4-6-8-18)22(30)20-21(17-9-11-25-12-10-17)28(14-13-27(2)3)24(32)23(20)31/h4-12,15,21,30H,13-14H2,1-3H3. The van der Waals surface area contributed by atoms with Crippen LogP contribution in [0.4, 0.5) is 0 Å². The summed E-state index contributed by atoms with van der Waals surface area (Å²) in [7, 11) is 3.80. The minimum atomic E-state index is -0.699. The van der Waals surface area contributed by atoms with Crippen molar-refractivity contribution in [2.45, 2.75) is 13.0 Å². The van der Waals surface area contributed by atoms with Gasteiger partial charge in [0.1, 0.15) is 5.76 Å². The molecular weight excluding hydrogens is 406 g/mol. The molecule has 0 bridgehead atoms. The van der Waals surface area contributed by atoms with Gasteiger partial charge in [0, 0.05) is 25.5 Å². The average molecular weight is 431 g/mol. The number of Topliss-reactive ketones (excluding diaryl/α,β-unsaturated/α-hetero) is 1. The molecule has 1 aliphatic heterocycles. The van der Waals surface area contributed by atoms with Crippen LogP contribution >= 0.6 is 0 Å². The number of benzene rings is 1. The van der Waals surface area contributed by atoms with E-state index in [1.165, 1.54) is 11.1 Å². The second-order valence-corrected chi connectivity index (χ2v) is 7.97. The fourth-order valence-electron chi connectivity index (χ4n) is 3.93. The molecule has 1 aliphatic rings. The zero-order chi connectivity index (χ0) is 22.8. The van der Waals surface area contributed by atoms with Crippen LogP contribution in [0.2, 0.25) is 0 Å². The number of pyridine rings is 1. The molecule has 1 amide bonds. The predicted octanol–water partition coefficient (Wildman–Crippen LogP) is 2.56. The van der Waals surface area contributed by atoms with Gasteiger partial charge in [-0.1, -0.05) is 18.2 Å². The van der Waals surface area contributed by atoms with Gasteiger partial charge < -0.3 is 14.9 Å². The number of aliphatic hydroxyl groups excluding tert-OH is 1. The predicted molar refractivity (Wildman–Crippen MR) is 120 cm³/mol. The van der Waals surface area contributed by atoms with E-state index in [-0.39, 0.29) is 11.3 Å². The van der Waals surface area contributed by atoms with Crippen molar-refractivity contribution in [3.05, 3.63) is 83.4 Å². The van der Waals surface area contributed by atoms with E-state index in [1.807, 2.05) is 56.3 Å². The highest BCUT2D eigenvalue weighted by Crippen LogP contribution is 2.39. The summed E-state index contributed by atoms with van der Waals surface area (Å²) in [5.74, 6) is -1.55. The molecule has 1 saturated heterocycles. The van der Waals surface area contributed by atoms with E-state index in [0.717, 1.165) is 5.69 Å². The molecule has 3 heterocycles. The maximum atomic E-state index is 13.1. The number of carbonyl (C=O) groups is 2. The highest BCUT2D eigenvalue weighted by atomic mass is 16.3. The lowest BCUT2D eigenvalue weighted by atomic mass is 9.96. The van der Waals surface area contributed by atoms with Crippen molar-refractivity contribution in [3.63, 3.8) is 0 Å². The summed E-state index contributed by atoms with van der Waals surface area (Å²) in [6.45, 7) is 2.75. The summed E-state index contributed by atoms with van der Waals surface area (Å²) in [6.07, 6.45) is 4.74. The molecule has 1 N–H and O–H groups in total. The van der Waals surface area contributed by atoms with Crippen LogP contribution in [-0.2, 0) is 9.59 Å². The largest absolute Gasteiger partial charge is 0.507 e. The van der Waals surface area contributed by atoms with Crippen molar-refractivity contribution >= 4 is 17.4 Å². The Bertz CT molecular complexity index is 1170. The molecular formula is C24H25N5O3. The number of likely N-dealkylation sites (N-methyl/N-ethyl adjacent to an activating group) is 1. The number of nitrogens with zero attached hydrogens (tertiary/aromatic N) is 5. The van der Waals surface area contributed by atoms with Gasteiger partial charge in [0.15, 0.2) is 0 Å². The Morgan fingerprint density at radius 2 is 1.78 bits per heavy atom. The van der Waals surface area contributed by atoms with Crippen molar-refractivity contribution in [1.29, 1.82) is 0 Å². The highest BCUT2D eigenvalue weighted by molar-refractivity contribution is 6.46. The maximum absolute atomic E-state index is 13.1. The van der Waals surface area contributed by atoms with Crippen LogP contribution in [0.15, 0.2) is 66.6 Å². The first kappa shape index (κ1) is 21.5. The van der Waals surface area contributed by atoms with Gasteiger partial charge in [0.2, 0.25) is 0 Å². The topological polar surface area (TPSA) is 91.6 Å². The second kappa shape index (κ2) is 8.76. The molecule has 0 spiro atoms. The number of aromatic nitrogens is 3. The number of carbonyl (C=O) groups excluding carboxylic acids is 2. The summed E-state index contributed by atoms with van der Waals surface area (Å²) in [5, 5.41) is 15.7. The Kier molecular flexibility index (Phi) is 5.87. The molecule has 8 nitrogen and oxygen atoms in total. The normalized spacial score (nSPS) is 18.0. The van der Waals surface area contributed by atoms with Gasteiger partial charge in [-0.25, -0.2) is 4.68 Å². The summed E-state index contributed by atoms with van der Waals surface area (Å²) < 4.78 is 1.69. The van der Waals surface area contributed by atoms with Gasteiger partial charge >= 0.3 is 0 Å². The number of likely N-dealkylation sites (tertiary alicyclic amines) is 1. The van der Waals surface area contributed by atoms with Gasteiger partial charge in [-0.15, -0.1) is 0 Å². The van der Waals surface area contributed by atoms with Crippen LogP contribution in [0, 0.1) is 6.92 Å². The van der Waals surface area contributed by atoms with Crippen LogP contribution in [0.5, 0.6) is 0 Å². The molecule has 1 unspecified atom stereocenters. The minimum absolute atomic E-state index is 0.0654. The Morgan fingerprint density at radius 1 is 1.09 bits per heavy atom. The average Bonchev–Trinajstić information content (AvgIpc) is 3.30. The van der Waals surface area contributed by atoms with E-state index < -0.39 is 17.7 Å². The molecule has 0 radical (unpaired) electrons. The Balaban J connectivity index is 1.83. The molecule has 0 aliphatic carbocycles. The van der Waals surface area contributed by atoms with Gasteiger partial charge in [-0.3, -0.25) is 14.6 Å². The zero-order valence-electron chi connectivity index (χ0n) is 18.3. The third-order valence-corrected chi connectivity index (χ3v) is 5.62. The van der Waals surface area contributed by atoms with Crippen LogP contribution in [0.1, 0.15) is 22.9 Å². The lowest BCUT2D eigenvalue weighted by Crippen LogP contribution is -2.35. The third kappa shape index (κ3) is 3.80. The van der Waals surface area contributed by atoms with Crippen LogP contribution in [-0.4, -0.2) is 68.5 Å². The third-order valence-electron chi connectivity index (χ3n) is 5.62. The van der Waals surface area contributed by atoms with Crippen LogP contribution < -0.4 is 0 Å². The first-order chi connectivity index (χ1) is 15.4. The lowest BCUT2D eigenvalue weighted by Gasteiger charge is -2.26. The SMILES string of the molecule is Cc1c(C(O)=C2C(=O)C(=O)N(CCN(C)C)C2c2ccncc2)cnn1-c1ccccc1. The van der Waals surface area contributed by atoms with Crippen molar-refractivity contribution in [2.75, 3.05) is 27.2 Å². The fourth-order valence-corrected chi connectivity index (χ4v) is 3.93. The molecule has 0 saturated carbocycles. The second-order valence-electron chi connectivity index (χ2n) is 7.97. The first-order valence-corrected chi connectivity index (χ1v) is 10.3. The minimum Gasteiger partial charge on any atom is -0.507 e. The van der Waals surface area contributed by atoms with E-state index >= 15 is 0 Å². The molecule has 2 aromatic heterocycles. The van der Waals surface area contributed by atoms with Crippen molar-refractivity contribution in [1.82, 2.24) is 24.6 Å². The van der Waals surface area contributed by atoms with Gasteiger partial charge in [0.25, 0.3) is 11.7 Å². The summed E-state index contributed by atoms with van der Waals surface area (Å²) >= 11 is 0. The van der Waals surface area contributed by atoms with Gasteiger partial charge in [-0.2, -0.15) is 5.10 Å². The van der Waals surface area contributed by atoms with E-state index in [9.17, 15) is 14.7 Å². The number of amides is 1. The van der Waals surface area contributed by atoms with Crippen molar-refractivity contribution in [3.8, 4) is 5.69 Å². The number of para-hydroxylation sites is 1. The first-order valence-electron chi connectivity index (χ1n) is 10.3. The number of aliphatic hydroxyl groups is 1. The van der Waals surface area contributed by atoms with Crippen molar-refractivity contribution < 1.29 is 14.7 Å². The summed E-state index contributed by atoms with van der Waals surface area (Å²) in [5.41, 5.74) is 2.70. The Morgan fingerprint density at radius 3 is 2.44 bits per heavy atom. The van der Waals surface area contributed by atoms with E-state index in [0.29, 0.717) is 29.9 Å². The fraction of sp³-hybridized carbons (Fsp3) is 0.250. The number of hydrogen-bond donors (Lipinski definition) is 1. The maximum Gasteiger partial charge on any atom is 0.295 e. The quantitative estimate of drug-likeness (QED) is 0.366. The van der Waals surface area contributed by atoms with Gasteiger partial charge in [-0.05, 0) is 50.8 Å². The number of hydrogen-bond acceptors (Lipinski definition) is 6. The van der Waals surface area contributed by atoms with E-state index in [2.05, 4.69) is 10.1 Å². The molecule has 1 fully saturated rings. The molecule has 3 aromatic rings. The van der Waals surface area contributed by atoms with Crippen LogP contribution in [0.25, 0.3) is 11.4 Å². The van der Waals surface area contributed by atoms with E-state index in [4.69, 9.17) is 0 Å². The smallest absolute Gasteiger partial charge is 0.295 e. The van der Waals surface area contributed by atoms with Crippen LogP contribution in [0.3, 0.4) is 0 Å². The number of rotatable bonds is 6. The Labute approximate surface area is 186 Å². The van der Waals surface area contributed by atoms with Gasteiger partial charge in [0.05, 0.1) is 34.8 Å². The summed E-state index contributed by atoms with van der Waals surface area (Å²) in [6, 6.07) is 12.3. The van der Waals surface area contributed by atoms with E-state index in [1.54, 1.807) is 29.2 Å². The molecule has 4 rings (SSSR count).